The molecular formula is C25H29N5O3. The van der Waals surface area contributed by atoms with Gasteiger partial charge in [-0.1, -0.05) is 30.3 Å². The lowest BCUT2D eigenvalue weighted by Crippen LogP contribution is -2.72. The van der Waals surface area contributed by atoms with Gasteiger partial charge in [0.15, 0.2) is 5.84 Å². The van der Waals surface area contributed by atoms with Gasteiger partial charge in [-0.05, 0) is 31.5 Å². The summed E-state index contributed by atoms with van der Waals surface area (Å²) < 4.78 is 11.5. The number of anilines is 2. The Hall–Kier alpha value is -3.10. The molecule has 1 unspecified atom stereocenters. The van der Waals surface area contributed by atoms with Crippen LogP contribution in [0.4, 0.5) is 11.4 Å². The molecule has 6 rings (SSSR count). The van der Waals surface area contributed by atoms with Crippen molar-refractivity contribution in [3.63, 3.8) is 0 Å². The van der Waals surface area contributed by atoms with Gasteiger partial charge in [0.2, 0.25) is 0 Å². The number of ether oxygens (including phenoxy) is 2. The number of hydrogen-bond donors (Lipinski definition) is 1. The molecule has 4 aliphatic heterocycles. The highest BCUT2D eigenvalue weighted by atomic mass is 16.5. The molecule has 2 aromatic rings. The molecular weight excluding hydrogens is 418 g/mol. The fourth-order valence-electron chi connectivity index (χ4n) is 5.21. The summed E-state index contributed by atoms with van der Waals surface area (Å²) in [5.74, 6) is 1.39. The highest BCUT2D eigenvalue weighted by Crippen LogP contribution is 2.46. The van der Waals surface area contributed by atoms with E-state index < -0.39 is 0 Å². The summed E-state index contributed by atoms with van der Waals surface area (Å²) in [6.07, 6.45) is 0. The number of amides is 1. The molecule has 4 aliphatic rings. The Bertz CT molecular complexity index is 1120. The average molecular weight is 448 g/mol. The summed E-state index contributed by atoms with van der Waals surface area (Å²) in [5, 5.41) is 4.24. The molecule has 33 heavy (non-hydrogen) atoms. The van der Waals surface area contributed by atoms with Crippen LogP contribution in [0.5, 0.6) is 5.75 Å². The minimum absolute atomic E-state index is 0.00465. The van der Waals surface area contributed by atoms with Gasteiger partial charge in [-0.2, -0.15) is 5.10 Å². The van der Waals surface area contributed by atoms with Crippen molar-refractivity contribution in [3.8, 4) is 16.9 Å². The monoisotopic (exact) mass is 447 g/mol. The first kappa shape index (κ1) is 20.5. The predicted molar refractivity (Wildman–Crippen MR) is 128 cm³/mol. The third-order valence-electron chi connectivity index (χ3n) is 7.51. The Morgan fingerprint density at radius 1 is 1.18 bits per heavy atom. The van der Waals surface area contributed by atoms with Crippen molar-refractivity contribution in [3.05, 3.63) is 42.5 Å². The van der Waals surface area contributed by atoms with Crippen LogP contribution in [0.1, 0.15) is 13.8 Å². The van der Waals surface area contributed by atoms with E-state index in [-0.39, 0.29) is 17.5 Å². The minimum Gasteiger partial charge on any atom is -0.483 e. The van der Waals surface area contributed by atoms with Gasteiger partial charge in [0.25, 0.3) is 5.91 Å². The van der Waals surface area contributed by atoms with E-state index in [9.17, 15) is 4.79 Å². The SMILES string of the molecule is CC1C(=O)NN=C2COc3cc(-c4ccccc4)c(N(C)C4(C)CN(C5COC5)C4)cc3N21. The van der Waals surface area contributed by atoms with Crippen molar-refractivity contribution >= 4 is 23.1 Å². The molecule has 8 nitrogen and oxygen atoms in total. The second kappa shape index (κ2) is 7.46. The number of fused-ring (bicyclic) bond motifs is 3. The summed E-state index contributed by atoms with van der Waals surface area (Å²) in [5.41, 5.74) is 6.88. The highest BCUT2D eigenvalue weighted by Gasteiger charge is 2.47. The second-order valence-corrected chi connectivity index (χ2v) is 9.69. The number of nitrogens with one attached hydrogen (secondary N) is 1. The van der Waals surface area contributed by atoms with Gasteiger partial charge >= 0.3 is 0 Å². The number of carbonyl (C=O) groups is 1. The highest BCUT2D eigenvalue weighted by molar-refractivity contribution is 6.10. The van der Waals surface area contributed by atoms with Crippen molar-refractivity contribution in [1.82, 2.24) is 10.3 Å². The van der Waals surface area contributed by atoms with Gasteiger partial charge in [-0.15, -0.1) is 0 Å². The van der Waals surface area contributed by atoms with Gasteiger partial charge in [0.05, 0.1) is 30.5 Å². The van der Waals surface area contributed by atoms with E-state index in [2.05, 4.69) is 70.7 Å². The fourth-order valence-corrected chi connectivity index (χ4v) is 5.21. The maximum atomic E-state index is 12.4. The average Bonchev–Trinajstić information content (AvgIpc) is 2.78. The van der Waals surface area contributed by atoms with Crippen LogP contribution in [0, 0.1) is 0 Å². The summed E-state index contributed by atoms with van der Waals surface area (Å²) in [7, 11) is 2.17. The molecule has 0 bridgehead atoms. The Kier molecular flexibility index (Phi) is 4.64. The number of likely N-dealkylation sites (N-methyl/N-ethyl adjacent to an activating group) is 1. The minimum atomic E-state index is -0.353. The quantitative estimate of drug-likeness (QED) is 0.776. The topological polar surface area (TPSA) is 69.6 Å². The predicted octanol–water partition coefficient (Wildman–Crippen LogP) is 2.29. The molecule has 8 heteroatoms. The summed E-state index contributed by atoms with van der Waals surface area (Å²) in [4.78, 5) is 19.3. The molecule has 2 saturated heterocycles. The van der Waals surface area contributed by atoms with Crippen molar-refractivity contribution in [1.29, 1.82) is 0 Å². The molecule has 1 atom stereocenters. The fraction of sp³-hybridized carbons (Fsp3) is 0.440. The van der Waals surface area contributed by atoms with Crippen molar-refractivity contribution in [2.45, 2.75) is 31.5 Å². The zero-order chi connectivity index (χ0) is 22.7. The smallest absolute Gasteiger partial charge is 0.262 e. The Balaban J connectivity index is 1.43. The molecule has 0 aliphatic carbocycles. The summed E-state index contributed by atoms with van der Waals surface area (Å²) in [6.45, 7) is 8.21. The van der Waals surface area contributed by atoms with Crippen molar-refractivity contribution in [2.24, 2.45) is 5.10 Å². The molecule has 0 saturated carbocycles. The van der Waals surface area contributed by atoms with Gasteiger partial charge in [0, 0.05) is 31.4 Å². The van der Waals surface area contributed by atoms with Crippen LogP contribution >= 0.6 is 0 Å². The van der Waals surface area contributed by atoms with Gasteiger partial charge < -0.3 is 19.3 Å². The number of hydrazone groups is 1. The van der Waals surface area contributed by atoms with E-state index in [1.807, 2.05) is 17.9 Å². The van der Waals surface area contributed by atoms with Crippen molar-refractivity contribution in [2.75, 3.05) is 49.8 Å². The summed E-state index contributed by atoms with van der Waals surface area (Å²) >= 11 is 0. The summed E-state index contributed by atoms with van der Waals surface area (Å²) in [6, 6.07) is 14.9. The second-order valence-electron chi connectivity index (χ2n) is 9.69. The number of rotatable bonds is 4. The Labute approximate surface area is 193 Å². The number of hydrogen-bond acceptors (Lipinski definition) is 7. The van der Waals surface area contributed by atoms with Crippen molar-refractivity contribution < 1.29 is 14.3 Å². The van der Waals surface area contributed by atoms with E-state index in [4.69, 9.17) is 9.47 Å². The first-order chi connectivity index (χ1) is 15.9. The molecule has 1 amide bonds. The molecule has 0 spiro atoms. The molecule has 4 heterocycles. The normalized spacial score (nSPS) is 23.8. The number of carbonyl (C=O) groups excluding carboxylic acids is 1. The number of benzene rings is 2. The molecule has 0 aromatic heterocycles. The maximum Gasteiger partial charge on any atom is 0.262 e. The van der Waals surface area contributed by atoms with Crippen LogP contribution in [0.3, 0.4) is 0 Å². The van der Waals surface area contributed by atoms with E-state index in [0.29, 0.717) is 12.6 Å². The number of nitrogens with zero attached hydrogens (tertiary/aromatic N) is 4. The lowest BCUT2D eigenvalue weighted by Gasteiger charge is -2.58. The largest absolute Gasteiger partial charge is 0.483 e. The Morgan fingerprint density at radius 3 is 2.64 bits per heavy atom. The molecule has 0 radical (unpaired) electrons. The lowest BCUT2D eigenvalue weighted by molar-refractivity contribution is -0.122. The molecule has 2 aromatic carbocycles. The van der Waals surface area contributed by atoms with E-state index in [1.165, 1.54) is 0 Å². The first-order valence-electron chi connectivity index (χ1n) is 11.5. The van der Waals surface area contributed by atoms with Gasteiger partial charge in [0.1, 0.15) is 18.4 Å². The maximum absolute atomic E-state index is 12.4. The first-order valence-corrected chi connectivity index (χ1v) is 11.5. The van der Waals surface area contributed by atoms with Crippen LogP contribution in [0.2, 0.25) is 0 Å². The van der Waals surface area contributed by atoms with Crippen LogP contribution in [0.25, 0.3) is 11.1 Å². The van der Waals surface area contributed by atoms with Gasteiger partial charge in [-0.25, -0.2) is 5.43 Å². The zero-order valence-corrected chi connectivity index (χ0v) is 19.2. The van der Waals surface area contributed by atoms with E-state index >= 15 is 0 Å². The molecule has 172 valence electrons. The van der Waals surface area contributed by atoms with Gasteiger partial charge in [-0.3, -0.25) is 9.69 Å². The molecule has 2 fully saturated rings. The molecule has 1 N–H and O–H groups in total. The number of amidine groups is 1. The lowest BCUT2D eigenvalue weighted by atomic mass is 9.86. The van der Waals surface area contributed by atoms with Crippen LogP contribution in [-0.4, -0.2) is 74.2 Å². The third kappa shape index (κ3) is 3.20. The third-order valence-corrected chi connectivity index (χ3v) is 7.51. The van der Waals surface area contributed by atoms with E-state index in [0.717, 1.165) is 60.4 Å². The van der Waals surface area contributed by atoms with E-state index in [1.54, 1.807) is 0 Å². The zero-order valence-electron chi connectivity index (χ0n) is 19.2. The Morgan fingerprint density at radius 2 is 1.94 bits per heavy atom. The van der Waals surface area contributed by atoms with Crippen LogP contribution in [-0.2, 0) is 9.53 Å². The van der Waals surface area contributed by atoms with Crippen LogP contribution < -0.4 is 20.0 Å². The number of likely N-dealkylation sites (tertiary alicyclic amines) is 1. The van der Waals surface area contributed by atoms with Crippen LogP contribution in [0.15, 0.2) is 47.6 Å². The standard InChI is InChI=1S/C25H29N5O3/c1-16-24(31)27-26-23-13-33-22-9-19(17-7-5-4-6-8-17)20(10-21(22)30(16)23)28(3)25(2)14-29(15-25)18-11-32-12-18/h4-10,16,18H,11-15H2,1-3H3,(H,27,31).